The summed E-state index contributed by atoms with van der Waals surface area (Å²) in [6.07, 6.45) is 3.35. The lowest BCUT2D eigenvalue weighted by Gasteiger charge is -2.00. The van der Waals surface area contributed by atoms with Crippen molar-refractivity contribution in [1.29, 1.82) is 5.26 Å². The van der Waals surface area contributed by atoms with Crippen molar-refractivity contribution in [3.63, 3.8) is 0 Å². The van der Waals surface area contributed by atoms with Gasteiger partial charge in [0.05, 0.1) is 12.6 Å². The number of nitriles is 1. The molecule has 0 atom stereocenters. The highest BCUT2D eigenvalue weighted by atomic mass is 14.7. The second kappa shape index (κ2) is 3.40. The second-order valence-corrected chi connectivity index (χ2v) is 3.16. The Morgan fingerprint density at radius 2 is 2.38 bits per heavy atom. The SMILES string of the molecule is N#CCCc1ccc2c(c1)C=NC2. The van der Waals surface area contributed by atoms with Crippen LogP contribution in [0.5, 0.6) is 0 Å². The van der Waals surface area contributed by atoms with Gasteiger partial charge < -0.3 is 0 Å². The van der Waals surface area contributed by atoms with Crippen LogP contribution in [-0.2, 0) is 13.0 Å². The van der Waals surface area contributed by atoms with Crippen LogP contribution in [0.15, 0.2) is 23.2 Å². The average Bonchev–Trinajstić information content (AvgIpc) is 2.61. The molecule has 0 saturated carbocycles. The minimum atomic E-state index is 0.593. The molecule has 2 nitrogen and oxygen atoms in total. The Labute approximate surface area is 77.5 Å². The van der Waals surface area contributed by atoms with Crippen LogP contribution in [0, 0.1) is 11.3 Å². The first-order chi connectivity index (χ1) is 6.40. The molecule has 1 aliphatic rings. The Balaban J connectivity index is 2.21. The maximum absolute atomic E-state index is 8.44. The molecule has 1 aliphatic heterocycles. The topological polar surface area (TPSA) is 36.1 Å². The van der Waals surface area contributed by atoms with E-state index in [0.717, 1.165) is 13.0 Å². The first kappa shape index (κ1) is 8.00. The van der Waals surface area contributed by atoms with E-state index >= 15 is 0 Å². The van der Waals surface area contributed by atoms with Crippen molar-refractivity contribution < 1.29 is 0 Å². The fraction of sp³-hybridized carbons (Fsp3) is 0.273. The lowest BCUT2D eigenvalue weighted by molar-refractivity contribution is 1.01. The molecule has 1 aromatic carbocycles. The minimum Gasteiger partial charge on any atom is -0.288 e. The molecule has 0 unspecified atom stereocenters. The van der Waals surface area contributed by atoms with E-state index in [9.17, 15) is 0 Å². The number of nitrogens with zero attached hydrogens (tertiary/aromatic N) is 2. The van der Waals surface area contributed by atoms with Gasteiger partial charge in [-0.25, -0.2) is 0 Å². The number of benzene rings is 1. The lowest BCUT2D eigenvalue weighted by Crippen LogP contribution is -1.89. The molecule has 0 fully saturated rings. The molecule has 0 amide bonds. The Hall–Kier alpha value is -1.62. The summed E-state index contributed by atoms with van der Waals surface area (Å²) < 4.78 is 0. The second-order valence-electron chi connectivity index (χ2n) is 3.16. The summed E-state index contributed by atoms with van der Waals surface area (Å²) in [5.41, 5.74) is 3.74. The van der Waals surface area contributed by atoms with Gasteiger partial charge in [-0.3, -0.25) is 4.99 Å². The largest absolute Gasteiger partial charge is 0.288 e. The Morgan fingerprint density at radius 1 is 1.46 bits per heavy atom. The third-order valence-electron chi connectivity index (χ3n) is 2.23. The van der Waals surface area contributed by atoms with Crippen LogP contribution in [0.2, 0.25) is 0 Å². The van der Waals surface area contributed by atoms with Crippen molar-refractivity contribution in [2.24, 2.45) is 4.99 Å². The van der Waals surface area contributed by atoms with E-state index in [4.69, 9.17) is 5.26 Å². The summed E-state index contributed by atoms with van der Waals surface area (Å²) in [5, 5.41) is 8.44. The normalized spacial score (nSPS) is 12.5. The van der Waals surface area contributed by atoms with Gasteiger partial charge in [0.1, 0.15) is 0 Å². The first-order valence-corrected chi connectivity index (χ1v) is 4.39. The highest BCUT2D eigenvalue weighted by molar-refractivity contribution is 5.84. The third-order valence-corrected chi connectivity index (χ3v) is 2.23. The molecule has 0 aliphatic carbocycles. The van der Waals surface area contributed by atoms with Crippen molar-refractivity contribution >= 4 is 6.21 Å². The number of hydrogen-bond acceptors (Lipinski definition) is 2. The van der Waals surface area contributed by atoms with Crippen molar-refractivity contribution in [3.05, 3.63) is 34.9 Å². The highest BCUT2D eigenvalue weighted by Crippen LogP contribution is 2.16. The van der Waals surface area contributed by atoms with Crippen LogP contribution in [0.25, 0.3) is 0 Å². The van der Waals surface area contributed by atoms with Gasteiger partial charge in [0.25, 0.3) is 0 Å². The quantitative estimate of drug-likeness (QED) is 0.669. The predicted octanol–water partition coefficient (Wildman–Crippen LogP) is 2.08. The fourth-order valence-electron chi connectivity index (χ4n) is 1.51. The molecule has 1 aromatic rings. The summed E-state index contributed by atoms with van der Waals surface area (Å²) in [5.74, 6) is 0. The van der Waals surface area contributed by atoms with Crippen LogP contribution in [0.3, 0.4) is 0 Å². The number of rotatable bonds is 2. The third kappa shape index (κ3) is 1.59. The van der Waals surface area contributed by atoms with Gasteiger partial charge in [-0.1, -0.05) is 12.1 Å². The van der Waals surface area contributed by atoms with Gasteiger partial charge >= 0.3 is 0 Å². The van der Waals surface area contributed by atoms with Gasteiger partial charge in [0, 0.05) is 12.6 Å². The van der Waals surface area contributed by atoms with E-state index in [1.54, 1.807) is 0 Å². The molecular formula is C11H10N2. The zero-order valence-electron chi connectivity index (χ0n) is 7.33. The molecular weight excluding hydrogens is 160 g/mol. The average molecular weight is 170 g/mol. The molecule has 2 rings (SSSR count). The zero-order valence-corrected chi connectivity index (χ0v) is 7.33. The molecule has 0 spiro atoms. The van der Waals surface area contributed by atoms with Gasteiger partial charge in [-0.15, -0.1) is 0 Å². The number of hydrogen-bond donors (Lipinski definition) is 0. The summed E-state index contributed by atoms with van der Waals surface area (Å²) >= 11 is 0. The molecule has 1 heterocycles. The Bertz CT molecular complexity index is 386. The van der Waals surface area contributed by atoms with E-state index in [1.807, 2.05) is 6.21 Å². The van der Waals surface area contributed by atoms with Gasteiger partial charge in [-0.2, -0.15) is 5.26 Å². The van der Waals surface area contributed by atoms with E-state index in [1.165, 1.54) is 16.7 Å². The maximum atomic E-state index is 8.44. The number of aliphatic imine (C=N–C) groups is 1. The standard InChI is InChI=1S/C11H10N2/c12-5-1-2-9-3-4-10-7-13-8-11(10)6-9/h3-4,6,8H,1-2,7H2. The van der Waals surface area contributed by atoms with Crippen LogP contribution < -0.4 is 0 Å². The molecule has 2 heteroatoms. The van der Waals surface area contributed by atoms with Crippen molar-refractivity contribution in [3.8, 4) is 6.07 Å². The van der Waals surface area contributed by atoms with E-state index in [2.05, 4.69) is 29.3 Å². The molecule has 0 N–H and O–H groups in total. The Kier molecular flexibility index (Phi) is 2.09. The number of fused-ring (bicyclic) bond motifs is 1. The van der Waals surface area contributed by atoms with E-state index < -0.39 is 0 Å². The van der Waals surface area contributed by atoms with Crippen LogP contribution in [0.1, 0.15) is 23.1 Å². The van der Waals surface area contributed by atoms with Crippen LogP contribution >= 0.6 is 0 Å². The highest BCUT2D eigenvalue weighted by Gasteiger charge is 2.05. The monoisotopic (exact) mass is 170 g/mol. The van der Waals surface area contributed by atoms with E-state index in [-0.39, 0.29) is 0 Å². The summed E-state index contributed by atoms with van der Waals surface area (Å²) in [4.78, 5) is 4.18. The summed E-state index contributed by atoms with van der Waals surface area (Å²) in [7, 11) is 0. The van der Waals surface area contributed by atoms with Crippen LogP contribution in [0.4, 0.5) is 0 Å². The van der Waals surface area contributed by atoms with Gasteiger partial charge in [0.15, 0.2) is 0 Å². The summed E-state index contributed by atoms with van der Waals surface area (Å²) in [6.45, 7) is 0.813. The maximum Gasteiger partial charge on any atom is 0.0646 e. The fourth-order valence-corrected chi connectivity index (χ4v) is 1.51. The first-order valence-electron chi connectivity index (χ1n) is 4.39. The molecule has 64 valence electrons. The summed E-state index contributed by atoms with van der Waals surface area (Å²) in [6, 6.07) is 8.47. The Morgan fingerprint density at radius 3 is 3.23 bits per heavy atom. The lowest BCUT2D eigenvalue weighted by atomic mass is 10.0. The number of aryl methyl sites for hydroxylation is 1. The van der Waals surface area contributed by atoms with Gasteiger partial charge in [-0.05, 0) is 29.2 Å². The smallest absolute Gasteiger partial charge is 0.0646 e. The minimum absolute atomic E-state index is 0.593. The zero-order chi connectivity index (χ0) is 9.10. The molecule has 0 aromatic heterocycles. The van der Waals surface area contributed by atoms with Gasteiger partial charge in [0.2, 0.25) is 0 Å². The molecule has 0 saturated heterocycles. The van der Waals surface area contributed by atoms with Crippen molar-refractivity contribution in [1.82, 2.24) is 0 Å². The molecule has 0 bridgehead atoms. The van der Waals surface area contributed by atoms with E-state index in [0.29, 0.717) is 6.42 Å². The van der Waals surface area contributed by atoms with Crippen molar-refractivity contribution in [2.45, 2.75) is 19.4 Å². The molecule has 13 heavy (non-hydrogen) atoms. The predicted molar refractivity (Wildman–Crippen MR) is 51.7 cm³/mol. The molecule has 0 radical (unpaired) electrons. The van der Waals surface area contributed by atoms with Crippen LogP contribution in [-0.4, -0.2) is 6.21 Å². The van der Waals surface area contributed by atoms with Crippen molar-refractivity contribution in [2.75, 3.05) is 0 Å².